The van der Waals surface area contributed by atoms with E-state index in [9.17, 15) is 27.6 Å². The topological polar surface area (TPSA) is 183 Å². The largest absolute Gasteiger partial charge is 0.422 e. The van der Waals surface area contributed by atoms with Crippen molar-refractivity contribution in [3.63, 3.8) is 0 Å². The number of nitrogens with two attached hydrogens (primary N) is 2. The molecule has 0 fully saturated rings. The summed E-state index contributed by atoms with van der Waals surface area (Å²) < 4.78 is 37.4. The maximum absolute atomic E-state index is 13.1. The minimum Gasteiger partial charge on any atom is -0.422 e. The number of hydrogen-bond acceptors (Lipinski definition) is 8. The van der Waals surface area contributed by atoms with Crippen LogP contribution in [-0.4, -0.2) is 62.7 Å². The van der Waals surface area contributed by atoms with Crippen LogP contribution in [0, 0.1) is 6.92 Å². The number of fused-ring (bicyclic) bond motifs is 1. The van der Waals surface area contributed by atoms with Gasteiger partial charge in [0.2, 0.25) is 21.8 Å². The lowest BCUT2D eigenvalue weighted by atomic mass is 9.99. The Labute approximate surface area is 212 Å². The number of benzene rings is 2. The summed E-state index contributed by atoms with van der Waals surface area (Å²) in [7, 11) is -1.23. The van der Waals surface area contributed by atoms with E-state index < -0.39 is 46.6 Å². The number of nitrogens with zero attached hydrogens (tertiary/aromatic N) is 2. The maximum atomic E-state index is 13.1. The second-order valence-electron chi connectivity index (χ2n) is 8.44. The highest BCUT2D eigenvalue weighted by molar-refractivity contribution is 7.89. The number of primary amides is 2. The van der Waals surface area contributed by atoms with Gasteiger partial charge in [-0.3, -0.25) is 9.59 Å². The molecule has 3 amide bonds. The van der Waals surface area contributed by atoms with Crippen LogP contribution in [0.1, 0.15) is 16.7 Å². The Hall–Kier alpha value is -4.23. The predicted molar refractivity (Wildman–Crippen MR) is 133 cm³/mol. The molecule has 1 heterocycles. The van der Waals surface area contributed by atoms with Crippen molar-refractivity contribution in [2.45, 2.75) is 18.2 Å². The van der Waals surface area contributed by atoms with Crippen molar-refractivity contribution in [3.05, 3.63) is 69.6 Å². The molecular formula is C24H26N4O8S. The fourth-order valence-electron chi connectivity index (χ4n) is 3.58. The lowest BCUT2D eigenvalue weighted by Crippen LogP contribution is -2.43. The number of aryl methyl sites for hydroxylation is 1. The fraction of sp³-hybridized carbons (Fsp3) is 0.250. The first kappa shape index (κ1) is 27.4. The first-order valence-electron chi connectivity index (χ1n) is 10.9. The molecule has 0 radical (unpaired) electrons. The van der Waals surface area contributed by atoms with Gasteiger partial charge in [-0.25, -0.2) is 18.0 Å². The Morgan fingerprint density at radius 1 is 1.00 bits per heavy atom. The average Bonchev–Trinajstić information content (AvgIpc) is 2.80. The van der Waals surface area contributed by atoms with Gasteiger partial charge in [0.05, 0.1) is 18.0 Å². The van der Waals surface area contributed by atoms with Crippen molar-refractivity contribution in [3.8, 4) is 5.75 Å². The summed E-state index contributed by atoms with van der Waals surface area (Å²) >= 11 is 0. The molecule has 12 nitrogen and oxygen atoms in total. The smallest absolute Gasteiger partial charge is 0.414 e. The third-order valence-corrected chi connectivity index (χ3v) is 7.20. The number of amides is 3. The average molecular weight is 531 g/mol. The summed E-state index contributed by atoms with van der Waals surface area (Å²) in [5, 5.41) is 0.608. The number of carbonyl (C=O) groups is 3. The predicted octanol–water partition coefficient (Wildman–Crippen LogP) is 0.714. The highest BCUT2D eigenvalue weighted by Gasteiger charge is 2.28. The molecule has 4 N–H and O–H groups in total. The Morgan fingerprint density at radius 2 is 1.65 bits per heavy atom. The van der Waals surface area contributed by atoms with Crippen LogP contribution in [-0.2, 0) is 26.0 Å². The molecule has 1 aromatic heterocycles. The van der Waals surface area contributed by atoms with Crippen molar-refractivity contribution < 1.29 is 32.0 Å². The van der Waals surface area contributed by atoms with Gasteiger partial charge in [-0.2, -0.15) is 4.31 Å². The lowest BCUT2D eigenvalue weighted by Gasteiger charge is -2.19. The number of hydrogen-bond donors (Lipinski definition) is 2. The van der Waals surface area contributed by atoms with Gasteiger partial charge in [-0.05, 0) is 42.3 Å². The van der Waals surface area contributed by atoms with Crippen molar-refractivity contribution in [2.24, 2.45) is 11.5 Å². The van der Waals surface area contributed by atoms with Gasteiger partial charge >= 0.3 is 11.7 Å². The third kappa shape index (κ3) is 6.32. The van der Waals surface area contributed by atoms with Crippen LogP contribution in [0.2, 0.25) is 0 Å². The molecule has 0 aliphatic carbocycles. The summed E-state index contributed by atoms with van der Waals surface area (Å²) in [5.74, 6) is -1.70. The summed E-state index contributed by atoms with van der Waals surface area (Å²) in [4.78, 5) is 48.4. The van der Waals surface area contributed by atoms with Crippen molar-refractivity contribution in [1.29, 1.82) is 0 Å². The van der Waals surface area contributed by atoms with E-state index in [1.165, 1.54) is 43.3 Å². The zero-order valence-electron chi connectivity index (χ0n) is 20.4. The quantitative estimate of drug-likeness (QED) is 0.379. The second kappa shape index (κ2) is 10.8. The zero-order chi connectivity index (χ0) is 27.5. The van der Waals surface area contributed by atoms with Crippen LogP contribution in [0.5, 0.6) is 5.75 Å². The molecule has 13 heteroatoms. The normalized spacial score (nSPS) is 11.5. The van der Waals surface area contributed by atoms with Gasteiger partial charge in [0.1, 0.15) is 11.3 Å². The molecular weight excluding hydrogens is 504 g/mol. The maximum Gasteiger partial charge on any atom is 0.414 e. The molecule has 3 aromatic rings. The molecule has 0 aliphatic rings. The van der Waals surface area contributed by atoms with Crippen LogP contribution in [0.3, 0.4) is 0 Å². The van der Waals surface area contributed by atoms with Gasteiger partial charge in [0, 0.05) is 37.5 Å². The van der Waals surface area contributed by atoms with Gasteiger partial charge in [-0.15, -0.1) is 0 Å². The van der Waals surface area contributed by atoms with Crippen molar-refractivity contribution in [1.82, 2.24) is 9.21 Å². The van der Waals surface area contributed by atoms with Crippen LogP contribution < -0.4 is 21.8 Å². The number of ether oxygens (including phenoxy) is 1. The molecule has 2 aromatic carbocycles. The molecule has 0 saturated heterocycles. The SMILES string of the molecule is Cc1c(Cc2cccc(S(=O)(=O)N(CC(N)=O)CC(N)=O)c2)c(=O)oc2cc(OC(=O)N(C)C)ccc12. The highest BCUT2D eigenvalue weighted by atomic mass is 32.2. The Balaban J connectivity index is 1.96. The molecule has 0 aliphatic heterocycles. The minimum atomic E-state index is -4.30. The van der Waals surface area contributed by atoms with Crippen LogP contribution in [0.4, 0.5) is 4.79 Å². The zero-order valence-corrected chi connectivity index (χ0v) is 21.2. The standard InChI is InChI=1S/C24H26N4O8S/c1-14-18-8-7-16(35-24(32)27(2)3)11-20(18)36-23(31)19(14)10-15-5-4-6-17(9-15)37(33,34)28(12-21(25)29)13-22(26)30/h4-9,11H,10,12-13H2,1-3H3,(H2,25,29)(H2,26,30). The Kier molecular flexibility index (Phi) is 7.99. The molecule has 37 heavy (non-hydrogen) atoms. The molecule has 0 unspecified atom stereocenters. The van der Waals surface area contributed by atoms with E-state index >= 15 is 0 Å². The molecule has 0 spiro atoms. The summed E-state index contributed by atoms with van der Waals surface area (Å²) in [5.41, 5.74) is 11.2. The molecule has 3 rings (SSSR count). The molecule has 0 saturated carbocycles. The summed E-state index contributed by atoms with van der Waals surface area (Å²) in [6.45, 7) is 0.269. The van der Waals surface area contributed by atoms with E-state index in [2.05, 4.69) is 0 Å². The molecule has 0 bridgehead atoms. The lowest BCUT2D eigenvalue weighted by molar-refractivity contribution is -0.120. The van der Waals surface area contributed by atoms with Crippen molar-refractivity contribution >= 4 is 38.9 Å². The first-order chi connectivity index (χ1) is 17.3. The second-order valence-corrected chi connectivity index (χ2v) is 10.4. The third-order valence-electron chi connectivity index (χ3n) is 5.41. The molecule has 0 atom stereocenters. The van der Waals surface area contributed by atoms with E-state index in [0.29, 0.717) is 26.4 Å². The van der Waals surface area contributed by atoms with Crippen LogP contribution in [0.25, 0.3) is 11.0 Å². The van der Waals surface area contributed by atoms with E-state index in [-0.39, 0.29) is 22.6 Å². The Morgan fingerprint density at radius 3 is 2.24 bits per heavy atom. The number of sulfonamides is 1. The minimum absolute atomic E-state index is 0.0382. The van der Waals surface area contributed by atoms with Gasteiger partial charge in [0.25, 0.3) is 0 Å². The first-order valence-corrected chi connectivity index (χ1v) is 12.3. The monoisotopic (exact) mass is 530 g/mol. The molecule has 196 valence electrons. The summed E-state index contributed by atoms with van der Waals surface area (Å²) in [6, 6.07) is 10.4. The van der Waals surface area contributed by atoms with Gasteiger partial charge in [-0.1, -0.05) is 12.1 Å². The van der Waals surface area contributed by atoms with E-state index in [1.54, 1.807) is 25.1 Å². The number of carbonyl (C=O) groups excluding carboxylic acids is 3. The highest BCUT2D eigenvalue weighted by Crippen LogP contribution is 2.26. The van der Waals surface area contributed by atoms with Crippen LogP contribution >= 0.6 is 0 Å². The van der Waals surface area contributed by atoms with Gasteiger partial charge < -0.3 is 25.5 Å². The van der Waals surface area contributed by atoms with Crippen LogP contribution in [0.15, 0.2) is 56.6 Å². The van der Waals surface area contributed by atoms with E-state index in [1.807, 2.05) is 0 Å². The van der Waals surface area contributed by atoms with E-state index in [4.69, 9.17) is 20.6 Å². The Bertz CT molecular complexity index is 1530. The van der Waals surface area contributed by atoms with Crippen molar-refractivity contribution in [2.75, 3.05) is 27.2 Å². The van der Waals surface area contributed by atoms with E-state index in [0.717, 1.165) is 0 Å². The fourth-order valence-corrected chi connectivity index (χ4v) is 5.02. The number of rotatable bonds is 9. The van der Waals surface area contributed by atoms with Gasteiger partial charge in [0.15, 0.2) is 0 Å². The summed E-state index contributed by atoms with van der Waals surface area (Å²) in [6.07, 6.45) is -0.550.